The average Bonchev–Trinajstić information content (AvgIpc) is 2.91. The number of amides is 2. The predicted molar refractivity (Wildman–Crippen MR) is 148 cm³/mol. The highest BCUT2D eigenvalue weighted by Crippen LogP contribution is 2.27. The summed E-state index contributed by atoms with van der Waals surface area (Å²) in [7, 11) is 0. The van der Waals surface area contributed by atoms with E-state index < -0.39 is 17.9 Å². The van der Waals surface area contributed by atoms with Crippen LogP contribution in [0.4, 0.5) is 0 Å². The van der Waals surface area contributed by atoms with Gasteiger partial charge in [-0.2, -0.15) is 5.10 Å². The SMILES string of the molecule is CC(C)C(NC(=O)c1ccccc1Cl)C(=O)N/N=C/c1c(OCc2ccccc2)ccc2ccccc12. The second-order valence-electron chi connectivity index (χ2n) is 8.88. The van der Waals surface area contributed by atoms with Gasteiger partial charge in [0.1, 0.15) is 18.4 Å². The third kappa shape index (κ3) is 6.54. The molecule has 37 heavy (non-hydrogen) atoms. The molecule has 4 aromatic rings. The maximum Gasteiger partial charge on any atom is 0.262 e. The smallest absolute Gasteiger partial charge is 0.262 e. The van der Waals surface area contributed by atoms with Gasteiger partial charge in [-0.05, 0) is 40.5 Å². The van der Waals surface area contributed by atoms with Crippen LogP contribution in [0.3, 0.4) is 0 Å². The Labute approximate surface area is 221 Å². The zero-order valence-electron chi connectivity index (χ0n) is 20.6. The summed E-state index contributed by atoms with van der Waals surface area (Å²) in [5.41, 5.74) is 4.67. The van der Waals surface area contributed by atoms with Crippen LogP contribution >= 0.6 is 11.6 Å². The summed E-state index contributed by atoms with van der Waals surface area (Å²) in [4.78, 5) is 25.7. The number of hydrazone groups is 1. The molecule has 7 heteroatoms. The van der Waals surface area contributed by atoms with Crippen molar-refractivity contribution in [2.24, 2.45) is 11.0 Å². The van der Waals surface area contributed by atoms with Crippen molar-refractivity contribution in [1.29, 1.82) is 0 Å². The second-order valence-corrected chi connectivity index (χ2v) is 9.29. The number of carbonyl (C=O) groups excluding carboxylic acids is 2. The molecule has 1 unspecified atom stereocenters. The van der Waals surface area contributed by atoms with Gasteiger partial charge in [0, 0.05) is 5.56 Å². The van der Waals surface area contributed by atoms with E-state index in [9.17, 15) is 9.59 Å². The normalized spacial score (nSPS) is 12.0. The van der Waals surface area contributed by atoms with Crippen molar-refractivity contribution in [3.05, 3.63) is 113 Å². The predicted octanol–water partition coefficient (Wildman–Crippen LogP) is 5.98. The molecular weight excluding hydrogens is 486 g/mol. The van der Waals surface area contributed by atoms with E-state index in [1.165, 1.54) is 0 Å². The summed E-state index contributed by atoms with van der Waals surface area (Å²) in [6.07, 6.45) is 1.58. The average molecular weight is 514 g/mol. The number of fused-ring (bicyclic) bond motifs is 1. The highest BCUT2D eigenvalue weighted by molar-refractivity contribution is 6.33. The summed E-state index contributed by atoms with van der Waals surface area (Å²) in [6.45, 7) is 4.10. The topological polar surface area (TPSA) is 79.8 Å². The number of benzene rings is 4. The molecule has 4 rings (SSSR count). The summed E-state index contributed by atoms with van der Waals surface area (Å²) in [5, 5.41) is 9.28. The standard InChI is InChI=1S/C30H28ClN3O3/c1-20(2)28(33-29(35)24-14-8-9-15-26(24)31)30(36)34-32-18-25-23-13-7-6-12-22(23)16-17-27(25)37-19-21-10-4-3-5-11-21/h3-18,20,28H,19H2,1-2H3,(H,33,35)(H,34,36)/b32-18+. The van der Waals surface area contributed by atoms with Gasteiger partial charge >= 0.3 is 0 Å². The van der Waals surface area contributed by atoms with Crippen molar-refractivity contribution in [3.8, 4) is 5.75 Å². The van der Waals surface area contributed by atoms with Crippen LogP contribution in [0.5, 0.6) is 5.75 Å². The molecule has 0 aliphatic carbocycles. The minimum atomic E-state index is -0.803. The van der Waals surface area contributed by atoms with E-state index in [0.717, 1.165) is 21.9 Å². The number of nitrogens with zero attached hydrogens (tertiary/aromatic N) is 1. The Hall–Kier alpha value is -4.16. The largest absolute Gasteiger partial charge is 0.488 e. The summed E-state index contributed by atoms with van der Waals surface area (Å²) in [6, 6.07) is 27.6. The van der Waals surface area contributed by atoms with E-state index >= 15 is 0 Å². The molecule has 6 nitrogen and oxygen atoms in total. The Kier molecular flexibility index (Phi) is 8.54. The van der Waals surface area contributed by atoms with Crippen LogP contribution in [0.15, 0.2) is 96.1 Å². The van der Waals surface area contributed by atoms with E-state index in [4.69, 9.17) is 16.3 Å². The molecule has 0 heterocycles. The molecule has 0 bridgehead atoms. The fraction of sp³-hybridized carbons (Fsp3) is 0.167. The van der Waals surface area contributed by atoms with Crippen LogP contribution in [0.25, 0.3) is 10.8 Å². The quantitative estimate of drug-likeness (QED) is 0.213. The molecule has 0 saturated heterocycles. The van der Waals surface area contributed by atoms with Crippen LogP contribution in [-0.4, -0.2) is 24.1 Å². The van der Waals surface area contributed by atoms with E-state index in [1.54, 1.807) is 30.5 Å². The molecule has 0 aliphatic heterocycles. The lowest BCUT2D eigenvalue weighted by atomic mass is 10.0. The molecule has 2 N–H and O–H groups in total. The van der Waals surface area contributed by atoms with Crippen molar-refractivity contribution in [2.45, 2.75) is 26.5 Å². The number of hydrogen-bond acceptors (Lipinski definition) is 4. The van der Waals surface area contributed by atoms with Crippen LogP contribution in [-0.2, 0) is 11.4 Å². The van der Waals surface area contributed by atoms with Gasteiger partial charge in [-0.25, -0.2) is 5.43 Å². The summed E-state index contributed by atoms with van der Waals surface area (Å²) in [5.74, 6) is -0.385. The zero-order valence-corrected chi connectivity index (χ0v) is 21.4. The van der Waals surface area contributed by atoms with Gasteiger partial charge in [0.2, 0.25) is 0 Å². The van der Waals surface area contributed by atoms with Crippen LogP contribution in [0, 0.1) is 5.92 Å². The third-order valence-electron chi connectivity index (χ3n) is 5.89. The second kappa shape index (κ2) is 12.2. The van der Waals surface area contributed by atoms with Crippen molar-refractivity contribution < 1.29 is 14.3 Å². The molecule has 0 aliphatic rings. The van der Waals surface area contributed by atoms with Crippen LogP contribution in [0.1, 0.15) is 35.3 Å². The first-order chi connectivity index (χ1) is 17.9. The van der Waals surface area contributed by atoms with Crippen LogP contribution in [0.2, 0.25) is 5.02 Å². The Morgan fingerprint density at radius 1 is 0.919 bits per heavy atom. The first kappa shape index (κ1) is 25.9. The Balaban J connectivity index is 1.52. The van der Waals surface area contributed by atoms with E-state index in [-0.39, 0.29) is 5.92 Å². The molecule has 188 valence electrons. The first-order valence-corrected chi connectivity index (χ1v) is 12.4. The monoisotopic (exact) mass is 513 g/mol. The van der Waals surface area contributed by atoms with Crippen molar-refractivity contribution in [3.63, 3.8) is 0 Å². The minimum absolute atomic E-state index is 0.177. The van der Waals surface area contributed by atoms with Gasteiger partial charge in [-0.3, -0.25) is 9.59 Å². The number of nitrogens with one attached hydrogen (secondary N) is 2. The van der Waals surface area contributed by atoms with Crippen molar-refractivity contribution in [2.75, 3.05) is 0 Å². The molecule has 0 spiro atoms. The highest BCUT2D eigenvalue weighted by atomic mass is 35.5. The Morgan fingerprint density at radius 2 is 1.62 bits per heavy atom. The highest BCUT2D eigenvalue weighted by Gasteiger charge is 2.25. The fourth-order valence-corrected chi connectivity index (χ4v) is 4.12. The molecule has 0 aromatic heterocycles. The molecule has 0 saturated carbocycles. The van der Waals surface area contributed by atoms with E-state index in [0.29, 0.717) is 22.9 Å². The Bertz CT molecular complexity index is 1420. The van der Waals surface area contributed by atoms with Gasteiger partial charge < -0.3 is 10.1 Å². The lowest BCUT2D eigenvalue weighted by molar-refractivity contribution is -0.123. The lowest BCUT2D eigenvalue weighted by Crippen LogP contribution is -2.48. The molecule has 4 aromatic carbocycles. The number of carbonyl (C=O) groups is 2. The summed E-state index contributed by atoms with van der Waals surface area (Å²) < 4.78 is 6.11. The van der Waals surface area contributed by atoms with Gasteiger partial charge in [-0.1, -0.05) is 98.2 Å². The lowest BCUT2D eigenvalue weighted by Gasteiger charge is -2.20. The third-order valence-corrected chi connectivity index (χ3v) is 6.22. The van der Waals surface area contributed by atoms with Gasteiger partial charge in [-0.15, -0.1) is 0 Å². The molecule has 1 atom stereocenters. The number of rotatable bonds is 9. The summed E-state index contributed by atoms with van der Waals surface area (Å²) >= 11 is 6.14. The van der Waals surface area contributed by atoms with Gasteiger partial charge in [0.05, 0.1) is 16.8 Å². The number of halogens is 1. The van der Waals surface area contributed by atoms with Crippen LogP contribution < -0.4 is 15.5 Å². The molecule has 2 amide bonds. The van der Waals surface area contributed by atoms with E-state index in [1.807, 2.05) is 80.6 Å². The van der Waals surface area contributed by atoms with E-state index in [2.05, 4.69) is 15.8 Å². The fourth-order valence-electron chi connectivity index (χ4n) is 3.90. The number of ether oxygens (including phenoxy) is 1. The van der Waals surface area contributed by atoms with Gasteiger partial charge in [0.25, 0.3) is 11.8 Å². The first-order valence-electron chi connectivity index (χ1n) is 12.0. The molecular formula is C30H28ClN3O3. The molecule has 0 fully saturated rings. The minimum Gasteiger partial charge on any atom is -0.488 e. The van der Waals surface area contributed by atoms with Crippen molar-refractivity contribution >= 4 is 40.4 Å². The maximum atomic E-state index is 13.0. The van der Waals surface area contributed by atoms with Gasteiger partial charge in [0.15, 0.2) is 0 Å². The molecule has 0 radical (unpaired) electrons. The van der Waals surface area contributed by atoms with Crippen molar-refractivity contribution in [1.82, 2.24) is 10.7 Å². The number of hydrogen-bond donors (Lipinski definition) is 2. The Morgan fingerprint density at radius 3 is 2.38 bits per heavy atom. The maximum absolute atomic E-state index is 13.0. The zero-order chi connectivity index (χ0) is 26.2.